The van der Waals surface area contributed by atoms with Gasteiger partial charge in [-0.2, -0.15) is 0 Å². The maximum absolute atomic E-state index is 13.8. The van der Waals surface area contributed by atoms with Gasteiger partial charge in [-0.15, -0.1) is 0 Å². The van der Waals surface area contributed by atoms with Gasteiger partial charge in [0.1, 0.15) is 17.3 Å². The van der Waals surface area contributed by atoms with Gasteiger partial charge >= 0.3 is 0 Å². The van der Waals surface area contributed by atoms with Crippen LogP contribution in [0, 0.1) is 27.8 Å². The van der Waals surface area contributed by atoms with E-state index in [4.69, 9.17) is 0 Å². The summed E-state index contributed by atoms with van der Waals surface area (Å²) in [5, 5.41) is 21.6. The quantitative estimate of drug-likeness (QED) is 0.618. The molecule has 2 fully saturated rings. The molecule has 3 unspecified atom stereocenters. The molecule has 1 heterocycles. The predicted octanol–water partition coefficient (Wildman–Crippen LogP) is 3.93. The van der Waals surface area contributed by atoms with Crippen molar-refractivity contribution in [1.82, 2.24) is 0 Å². The molecule has 1 N–H and O–H groups in total. The van der Waals surface area contributed by atoms with Crippen molar-refractivity contribution in [2.24, 2.45) is 11.8 Å². The Balaban J connectivity index is 1.89. The second-order valence-electron chi connectivity index (χ2n) is 6.23. The Morgan fingerprint density at radius 2 is 2.04 bits per heavy atom. The number of nitro benzene ring substituents is 1. The summed E-state index contributed by atoms with van der Waals surface area (Å²) in [6.07, 6.45) is 0.685. The summed E-state index contributed by atoms with van der Waals surface area (Å²) in [5.41, 5.74) is 0.0927. The van der Waals surface area contributed by atoms with Crippen LogP contribution in [0.1, 0.15) is 18.0 Å². The van der Waals surface area contributed by atoms with Gasteiger partial charge in [-0.3, -0.25) is 19.8 Å². The van der Waals surface area contributed by atoms with Crippen LogP contribution in [-0.2, 0) is 4.79 Å². The zero-order valence-corrected chi connectivity index (χ0v) is 14.3. The fraction of sp³-hybridized carbons (Fsp3) is 0.235. The van der Waals surface area contributed by atoms with E-state index in [9.17, 15) is 24.4 Å². The van der Waals surface area contributed by atoms with Gasteiger partial charge in [-0.1, -0.05) is 18.2 Å². The summed E-state index contributed by atoms with van der Waals surface area (Å²) in [4.78, 5) is 24.7. The Hall–Kier alpha value is -2.48. The number of rotatable bonds is 3. The van der Waals surface area contributed by atoms with Crippen molar-refractivity contribution < 1.29 is 19.2 Å². The van der Waals surface area contributed by atoms with Crippen molar-refractivity contribution in [3.05, 3.63) is 62.4 Å². The molecule has 3 atom stereocenters. The fourth-order valence-corrected chi connectivity index (χ4v) is 3.93. The minimum Gasteiger partial charge on any atom is -0.508 e. The van der Waals surface area contributed by atoms with Gasteiger partial charge in [0.05, 0.1) is 21.5 Å². The number of nitrogens with zero attached hydrogens (tertiary/aromatic N) is 2. The topological polar surface area (TPSA) is 83.7 Å². The lowest BCUT2D eigenvalue weighted by atomic mass is 10.0. The fourth-order valence-electron chi connectivity index (χ4n) is 3.60. The monoisotopic (exact) mass is 406 g/mol. The summed E-state index contributed by atoms with van der Waals surface area (Å²) in [7, 11) is 0. The number of amides is 1. The first-order valence-corrected chi connectivity index (χ1v) is 8.44. The minimum absolute atomic E-state index is 0.00997. The number of halogens is 2. The maximum Gasteiger partial charge on any atom is 0.295 e. The number of aromatic hydroxyl groups is 1. The van der Waals surface area contributed by atoms with Gasteiger partial charge in [0.15, 0.2) is 0 Å². The number of carbonyl (C=O) groups is 1. The first-order chi connectivity index (χ1) is 11.9. The smallest absolute Gasteiger partial charge is 0.295 e. The first kappa shape index (κ1) is 16.0. The SMILES string of the molecule is O=C1C2CC2C(c2ccccc2O)N1c1cc(Br)c(F)cc1[N+](=O)[O-]. The zero-order chi connectivity index (χ0) is 17.9. The van der Waals surface area contributed by atoms with E-state index < -0.39 is 22.5 Å². The van der Waals surface area contributed by atoms with Crippen LogP contribution >= 0.6 is 15.9 Å². The summed E-state index contributed by atoms with van der Waals surface area (Å²) < 4.78 is 13.8. The molecule has 8 heteroatoms. The lowest BCUT2D eigenvalue weighted by Gasteiger charge is -2.28. The number of anilines is 1. The molecule has 1 amide bonds. The van der Waals surface area contributed by atoms with E-state index in [1.54, 1.807) is 18.2 Å². The van der Waals surface area contributed by atoms with Gasteiger partial charge in [0.2, 0.25) is 5.91 Å². The number of phenols is 1. The van der Waals surface area contributed by atoms with E-state index in [-0.39, 0.29) is 33.7 Å². The van der Waals surface area contributed by atoms with Gasteiger partial charge in [0, 0.05) is 11.5 Å². The molecule has 0 radical (unpaired) electrons. The molecule has 1 aliphatic carbocycles. The standard InChI is InChI=1S/C17H12BrFN2O4/c18-11-6-13(14(21(24)25)7-12(11)19)20-16(9-5-10(9)17(20)23)8-3-1-2-4-15(8)22/h1-4,6-7,9-10,16,22H,5H2. The summed E-state index contributed by atoms with van der Waals surface area (Å²) in [6.45, 7) is 0. The zero-order valence-electron chi connectivity index (χ0n) is 12.7. The maximum atomic E-state index is 13.8. The highest BCUT2D eigenvalue weighted by Gasteiger charge is 2.60. The average molecular weight is 407 g/mol. The molecule has 2 aromatic carbocycles. The summed E-state index contributed by atoms with van der Waals surface area (Å²) in [6, 6.07) is 8.18. The average Bonchev–Trinajstić information content (AvgIpc) is 3.30. The molecule has 0 aromatic heterocycles. The third kappa shape index (κ3) is 2.39. The largest absolute Gasteiger partial charge is 0.508 e. The lowest BCUT2D eigenvalue weighted by molar-refractivity contribution is -0.384. The highest BCUT2D eigenvalue weighted by Crippen LogP contribution is 2.60. The van der Waals surface area contributed by atoms with E-state index in [1.165, 1.54) is 17.0 Å². The molecule has 1 saturated carbocycles. The number of piperidine rings is 1. The molecule has 0 spiro atoms. The van der Waals surface area contributed by atoms with Crippen LogP contribution in [0.15, 0.2) is 40.9 Å². The number of hydrogen-bond acceptors (Lipinski definition) is 4. The highest BCUT2D eigenvalue weighted by molar-refractivity contribution is 9.10. The van der Waals surface area contributed by atoms with Crippen LogP contribution in [0.4, 0.5) is 15.8 Å². The molecule has 1 saturated heterocycles. The van der Waals surface area contributed by atoms with E-state index in [0.29, 0.717) is 12.0 Å². The van der Waals surface area contributed by atoms with Gasteiger partial charge < -0.3 is 5.11 Å². The molecular formula is C17H12BrFN2O4. The van der Waals surface area contributed by atoms with Gasteiger partial charge in [-0.05, 0) is 40.4 Å². The number of para-hydroxylation sites is 1. The number of fused-ring (bicyclic) bond motifs is 1. The van der Waals surface area contributed by atoms with Crippen molar-refractivity contribution in [3.8, 4) is 5.75 Å². The molecule has 128 valence electrons. The predicted molar refractivity (Wildman–Crippen MR) is 90.7 cm³/mol. The number of carbonyl (C=O) groups excluding carboxylic acids is 1. The number of phenolic OH excluding ortho intramolecular Hbond substituents is 1. The molecule has 25 heavy (non-hydrogen) atoms. The van der Waals surface area contributed by atoms with Crippen molar-refractivity contribution in [1.29, 1.82) is 0 Å². The molecule has 0 bridgehead atoms. The molecule has 1 aliphatic heterocycles. The van der Waals surface area contributed by atoms with Gasteiger partial charge in [0.25, 0.3) is 5.69 Å². The van der Waals surface area contributed by atoms with E-state index in [2.05, 4.69) is 15.9 Å². The van der Waals surface area contributed by atoms with E-state index in [1.807, 2.05) is 0 Å². The van der Waals surface area contributed by atoms with E-state index >= 15 is 0 Å². The Morgan fingerprint density at radius 1 is 1.32 bits per heavy atom. The van der Waals surface area contributed by atoms with Crippen LogP contribution in [0.5, 0.6) is 5.75 Å². The molecule has 6 nitrogen and oxygen atoms in total. The Bertz CT molecular complexity index is 920. The van der Waals surface area contributed by atoms with Crippen molar-refractivity contribution >= 4 is 33.2 Å². The Morgan fingerprint density at radius 3 is 2.72 bits per heavy atom. The van der Waals surface area contributed by atoms with Crippen LogP contribution in [0.2, 0.25) is 0 Å². The second-order valence-corrected chi connectivity index (χ2v) is 7.08. The van der Waals surface area contributed by atoms with Crippen LogP contribution < -0.4 is 4.90 Å². The lowest BCUT2D eigenvalue weighted by Crippen LogP contribution is -2.32. The molecule has 4 rings (SSSR count). The number of nitro groups is 1. The first-order valence-electron chi connectivity index (χ1n) is 7.64. The minimum atomic E-state index is -0.772. The summed E-state index contributed by atoms with van der Waals surface area (Å²) >= 11 is 3.03. The summed E-state index contributed by atoms with van der Waals surface area (Å²) in [5.74, 6) is -1.20. The van der Waals surface area contributed by atoms with Crippen LogP contribution in [0.25, 0.3) is 0 Å². The number of hydrogen-bond donors (Lipinski definition) is 1. The molecular weight excluding hydrogens is 395 g/mol. The van der Waals surface area contributed by atoms with Crippen molar-refractivity contribution in [3.63, 3.8) is 0 Å². The Kier molecular flexibility index (Phi) is 3.54. The van der Waals surface area contributed by atoms with Gasteiger partial charge in [-0.25, -0.2) is 4.39 Å². The second kappa shape index (κ2) is 5.52. The van der Waals surface area contributed by atoms with Crippen molar-refractivity contribution in [2.45, 2.75) is 12.5 Å². The highest BCUT2D eigenvalue weighted by atomic mass is 79.9. The van der Waals surface area contributed by atoms with Crippen LogP contribution in [0.3, 0.4) is 0 Å². The van der Waals surface area contributed by atoms with Crippen LogP contribution in [-0.4, -0.2) is 15.9 Å². The molecule has 2 aliphatic rings. The number of benzene rings is 2. The third-order valence-electron chi connectivity index (χ3n) is 4.81. The van der Waals surface area contributed by atoms with Crippen molar-refractivity contribution in [2.75, 3.05) is 4.90 Å². The van der Waals surface area contributed by atoms with E-state index in [0.717, 1.165) is 6.07 Å². The third-order valence-corrected chi connectivity index (χ3v) is 5.41. The molecule has 2 aromatic rings. The Labute approximate surface area is 150 Å². The normalized spacial score (nSPS) is 24.3.